The van der Waals surface area contributed by atoms with Gasteiger partial charge in [-0.05, 0) is 18.9 Å². The number of rotatable bonds is 2. The van der Waals surface area contributed by atoms with E-state index in [0.717, 1.165) is 36.4 Å². The van der Waals surface area contributed by atoms with Crippen LogP contribution in [0.1, 0.15) is 42.1 Å². The number of aryl methyl sites for hydroxylation is 2. The van der Waals surface area contributed by atoms with Crippen LogP contribution >= 0.6 is 0 Å². The topological polar surface area (TPSA) is 85.4 Å². The molecule has 0 spiro atoms. The van der Waals surface area contributed by atoms with Crippen LogP contribution in [0.15, 0.2) is 23.1 Å². The number of aromatic nitrogens is 3. The Kier molecular flexibility index (Phi) is 3.97. The molecule has 0 saturated carbocycles. The Morgan fingerprint density at radius 2 is 2.38 bits per heavy atom. The van der Waals surface area contributed by atoms with Crippen molar-refractivity contribution in [2.45, 2.75) is 31.4 Å². The van der Waals surface area contributed by atoms with Crippen molar-refractivity contribution < 1.29 is 13.9 Å². The zero-order valence-electron chi connectivity index (χ0n) is 13.6. The molecule has 2 aliphatic rings. The van der Waals surface area contributed by atoms with Gasteiger partial charge in [0, 0.05) is 25.6 Å². The number of nitrogens with one attached hydrogen (secondary N) is 1. The number of carbonyl (C=O) groups excluding carboxylic acids is 1. The first-order valence-corrected chi connectivity index (χ1v) is 8.29. The van der Waals surface area contributed by atoms with Gasteiger partial charge in [0.15, 0.2) is 5.82 Å². The summed E-state index contributed by atoms with van der Waals surface area (Å²) in [6.45, 7) is 1.54. The minimum absolute atomic E-state index is 0.0242. The van der Waals surface area contributed by atoms with Gasteiger partial charge in [-0.2, -0.15) is 0 Å². The van der Waals surface area contributed by atoms with Gasteiger partial charge in [0.05, 0.1) is 25.5 Å². The number of ether oxygens (including phenoxy) is 1. The van der Waals surface area contributed by atoms with Gasteiger partial charge >= 0.3 is 6.03 Å². The van der Waals surface area contributed by atoms with Gasteiger partial charge in [-0.15, -0.1) is 10.2 Å². The molecule has 4 rings (SSSR count). The number of hydrogen-bond acceptors (Lipinski definition) is 5. The SMILES string of the molecule is Cn1cnnc1[C@@H]1CN(C(=O)N[C@H]2CCCc3occc32)CCO1. The van der Waals surface area contributed by atoms with Gasteiger partial charge in [0.2, 0.25) is 0 Å². The van der Waals surface area contributed by atoms with Gasteiger partial charge in [-0.3, -0.25) is 0 Å². The molecule has 0 aromatic carbocycles. The van der Waals surface area contributed by atoms with Crippen LogP contribution in [-0.2, 0) is 18.2 Å². The lowest BCUT2D eigenvalue weighted by Crippen LogP contribution is -2.48. The smallest absolute Gasteiger partial charge is 0.318 e. The Bertz CT molecular complexity index is 725. The van der Waals surface area contributed by atoms with E-state index < -0.39 is 0 Å². The maximum atomic E-state index is 12.7. The lowest BCUT2D eigenvalue weighted by Gasteiger charge is -2.34. The first-order valence-electron chi connectivity index (χ1n) is 8.29. The third-order valence-corrected chi connectivity index (χ3v) is 4.74. The van der Waals surface area contributed by atoms with Crippen LogP contribution in [0, 0.1) is 0 Å². The Morgan fingerprint density at radius 3 is 3.21 bits per heavy atom. The molecule has 3 heterocycles. The Morgan fingerprint density at radius 1 is 1.46 bits per heavy atom. The lowest BCUT2D eigenvalue weighted by molar-refractivity contribution is -0.0218. The Balaban J connectivity index is 1.43. The van der Waals surface area contributed by atoms with Crippen LogP contribution in [0.5, 0.6) is 0 Å². The van der Waals surface area contributed by atoms with E-state index in [0.29, 0.717) is 19.7 Å². The second-order valence-corrected chi connectivity index (χ2v) is 6.30. The van der Waals surface area contributed by atoms with E-state index in [1.165, 1.54) is 0 Å². The predicted molar refractivity (Wildman–Crippen MR) is 84.2 cm³/mol. The third-order valence-electron chi connectivity index (χ3n) is 4.74. The first kappa shape index (κ1) is 15.2. The molecule has 2 aromatic heterocycles. The number of morpholine rings is 1. The summed E-state index contributed by atoms with van der Waals surface area (Å²) in [6.07, 6.45) is 6.01. The highest BCUT2D eigenvalue weighted by molar-refractivity contribution is 5.75. The highest BCUT2D eigenvalue weighted by atomic mass is 16.5. The van der Waals surface area contributed by atoms with Gasteiger partial charge in [-0.1, -0.05) is 0 Å². The summed E-state index contributed by atoms with van der Waals surface area (Å²) < 4.78 is 13.1. The molecular weight excluding hydrogens is 310 g/mol. The zero-order valence-corrected chi connectivity index (χ0v) is 13.6. The summed E-state index contributed by atoms with van der Waals surface area (Å²) >= 11 is 0. The van der Waals surface area contributed by atoms with E-state index >= 15 is 0 Å². The number of nitrogens with zero attached hydrogens (tertiary/aromatic N) is 4. The van der Waals surface area contributed by atoms with E-state index in [9.17, 15) is 4.79 Å². The summed E-state index contributed by atoms with van der Waals surface area (Å²) in [5.41, 5.74) is 1.10. The fourth-order valence-corrected chi connectivity index (χ4v) is 3.45. The highest BCUT2D eigenvalue weighted by Crippen LogP contribution is 2.30. The number of furan rings is 1. The highest BCUT2D eigenvalue weighted by Gasteiger charge is 2.31. The first-order chi connectivity index (χ1) is 11.7. The lowest BCUT2D eigenvalue weighted by atomic mass is 9.93. The van der Waals surface area contributed by atoms with E-state index in [-0.39, 0.29) is 18.2 Å². The summed E-state index contributed by atoms with van der Waals surface area (Å²) in [5, 5.41) is 11.1. The Hall–Kier alpha value is -2.35. The zero-order chi connectivity index (χ0) is 16.5. The summed E-state index contributed by atoms with van der Waals surface area (Å²) in [5.74, 6) is 1.73. The quantitative estimate of drug-likeness (QED) is 0.903. The average molecular weight is 331 g/mol. The molecule has 0 radical (unpaired) electrons. The third kappa shape index (κ3) is 2.77. The standard InChI is InChI=1S/C16H21N5O3/c1-20-10-17-19-15(20)14-9-21(6-8-24-14)16(22)18-12-3-2-4-13-11(12)5-7-23-13/h5,7,10,12,14H,2-4,6,8-9H2,1H3,(H,18,22)/t12-,14-/m0/s1. The number of carbonyl (C=O) groups is 1. The average Bonchev–Trinajstić information content (AvgIpc) is 3.24. The second kappa shape index (κ2) is 6.27. The van der Waals surface area contributed by atoms with E-state index in [1.54, 1.807) is 17.5 Å². The van der Waals surface area contributed by atoms with Crippen molar-refractivity contribution in [1.29, 1.82) is 0 Å². The van der Waals surface area contributed by atoms with Crippen molar-refractivity contribution in [1.82, 2.24) is 25.0 Å². The molecule has 2 atom stereocenters. The van der Waals surface area contributed by atoms with Crippen LogP contribution in [0.25, 0.3) is 0 Å². The van der Waals surface area contributed by atoms with E-state index in [2.05, 4.69) is 15.5 Å². The van der Waals surface area contributed by atoms with Crippen LogP contribution in [0.2, 0.25) is 0 Å². The Labute approximate surface area is 139 Å². The van der Waals surface area contributed by atoms with Gasteiger partial charge in [0.25, 0.3) is 0 Å². The van der Waals surface area contributed by atoms with Crippen LogP contribution in [0.4, 0.5) is 4.79 Å². The molecule has 24 heavy (non-hydrogen) atoms. The van der Waals surface area contributed by atoms with Crippen molar-refractivity contribution in [3.8, 4) is 0 Å². The molecule has 0 unspecified atom stereocenters. The van der Waals surface area contributed by atoms with Crippen LogP contribution in [-0.4, -0.2) is 45.4 Å². The van der Waals surface area contributed by atoms with Gasteiger partial charge in [0.1, 0.15) is 18.2 Å². The second-order valence-electron chi connectivity index (χ2n) is 6.30. The predicted octanol–water partition coefficient (Wildman–Crippen LogP) is 1.57. The minimum Gasteiger partial charge on any atom is -0.469 e. The number of amides is 2. The van der Waals surface area contributed by atoms with Crippen molar-refractivity contribution in [3.63, 3.8) is 0 Å². The molecule has 1 aliphatic heterocycles. The van der Waals surface area contributed by atoms with Crippen LogP contribution in [0.3, 0.4) is 0 Å². The normalized spacial score (nSPS) is 23.8. The minimum atomic E-state index is -0.243. The van der Waals surface area contributed by atoms with Crippen molar-refractivity contribution >= 4 is 6.03 Å². The van der Waals surface area contributed by atoms with Crippen molar-refractivity contribution in [2.75, 3.05) is 19.7 Å². The van der Waals surface area contributed by atoms with E-state index in [4.69, 9.17) is 9.15 Å². The molecule has 2 aromatic rings. The van der Waals surface area contributed by atoms with Crippen LogP contribution < -0.4 is 5.32 Å². The summed E-state index contributed by atoms with van der Waals surface area (Å²) in [4.78, 5) is 14.5. The number of urea groups is 1. The number of fused-ring (bicyclic) bond motifs is 1. The molecule has 128 valence electrons. The molecule has 2 amide bonds. The van der Waals surface area contributed by atoms with Crippen molar-refractivity contribution in [2.24, 2.45) is 7.05 Å². The monoisotopic (exact) mass is 331 g/mol. The van der Waals surface area contributed by atoms with Crippen molar-refractivity contribution in [3.05, 3.63) is 35.8 Å². The van der Waals surface area contributed by atoms with Gasteiger partial charge < -0.3 is 23.9 Å². The number of hydrogen-bond donors (Lipinski definition) is 1. The maximum absolute atomic E-state index is 12.7. The fourth-order valence-electron chi connectivity index (χ4n) is 3.45. The molecule has 8 heteroatoms. The maximum Gasteiger partial charge on any atom is 0.318 e. The van der Waals surface area contributed by atoms with Gasteiger partial charge in [-0.25, -0.2) is 4.79 Å². The largest absolute Gasteiger partial charge is 0.469 e. The molecule has 1 aliphatic carbocycles. The summed E-state index contributed by atoms with van der Waals surface area (Å²) in [6, 6.07) is 1.92. The molecule has 1 saturated heterocycles. The molecule has 8 nitrogen and oxygen atoms in total. The molecule has 0 bridgehead atoms. The molecule has 1 N–H and O–H groups in total. The van der Waals surface area contributed by atoms with E-state index in [1.807, 2.05) is 17.7 Å². The molecule has 1 fully saturated rings. The fraction of sp³-hybridized carbons (Fsp3) is 0.562. The molecular formula is C16H21N5O3. The summed E-state index contributed by atoms with van der Waals surface area (Å²) in [7, 11) is 1.88.